The van der Waals surface area contributed by atoms with Gasteiger partial charge in [0.15, 0.2) is 5.82 Å². The molecular formula is C30H39ClN5OP. The Morgan fingerprint density at radius 2 is 1.74 bits per heavy atom. The standard InChI is InChI=1S/C30H39ClN5OP/c1-19-4-13-27(28(14-19)38(2,3)37)35-29-26(31)18-33-30(36-29)34-25-12-11-22-9-7-20(8-10-23(22)17-25)5-6-21-15-24(32)16-21/h4,11-14,17-18,20-21,24H,5-10,15-16,32H2,1-3H3,(H2,33,34,35,36)/t20-,21?,24?/m0/s1. The third kappa shape index (κ3) is 6.59. The van der Waals surface area contributed by atoms with E-state index in [1.54, 1.807) is 19.5 Å². The molecule has 0 aliphatic heterocycles. The van der Waals surface area contributed by atoms with Gasteiger partial charge in [-0.1, -0.05) is 42.1 Å². The molecular weight excluding hydrogens is 513 g/mol. The number of hydrogen-bond acceptors (Lipinski definition) is 6. The molecule has 0 unspecified atom stereocenters. The number of benzene rings is 2. The lowest BCUT2D eigenvalue weighted by atomic mass is 9.76. The van der Waals surface area contributed by atoms with Gasteiger partial charge < -0.3 is 20.9 Å². The Hall–Kier alpha value is -2.40. The van der Waals surface area contributed by atoms with E-state index < -0.39 is 7.14 Å². The van der Waals surface area contributed by atoms with Crippen LogP contribution in [0, 0.1) is 18.8 Å². The maximum absolute atomic E-state index is 12.9. The smallest absolute Gasteiger partial charge is 0.229 e. The Morgan fingerprint density at radius 1 is 1.00 bits per heavy atom. The summed E-state index contributed by atoms with van der Waals surface area (Å²) >= 11 is 6.45. The number of nitrogens with one attached hydrogen (secondary N) is 2. The van der Waals surface area contributed by atoms with Crippen LogP contribution < -0.4 is 21.7 Å². The van der Waals surface area contributed by atoms with Gasteiger partial charge in [0.25, 0.3) is 0 Å². The van der Waals surface area contributed by atoms with E-state index in [2.05, 4.69) is 38.8 Å². The second-order valence-electron chi connectivity index (χ2n) is 11.6. The highest BCUT2D eigenvalue weighted by molar-refractivity contribution is 7.70. The summed E-state index contributed by atoms with van der Waals surface area (Å²) in [6, 6.07) is 12.9. The van der Waals surface area contributed by atoms with Gasteiger partial charge in [0.05, 0.1) is 11.9 Å². The quantitative estimate of drug-likeness (QED) is 0.203. The minimum Gasteiger partial charge on any atom is -0.338 e. The number of halogens is 1. The fourth-order valence-corrected chi connectivity index (χ4v) is 7.15. The topological polar surface area (TPSA) is 92.9 Å². The van der Waals surface area contributed by atoms with E-state index >= 15 is 0 Å². The first kappa shape index (κ1) is 27.2. The van der Waals surface area contributed by atoms with Crippen molar-refractivity contribution in [2.24, 2.45) is 17.6 Å². The van der Waals surface area contributed by atoms with Crippen molar-refractivity contribution >= 4 is 47.2 Å². The third-order valence-corrected chi connectivity index (χ3v) is 9.90. The maximum atomic E-state index is 12.9. The second kappa shape index (κ2) is 11.4. The fraction of sp³-hybridized carbons (Fsp3) is 0.467. The van der Waals surface area contributed by atoms with Crippen molar-refractivity contribution in [3.63, 3.8) is 0 Å². The molecule has 38 heavy (non-hydrogen) atoms. The number of hydrogen-bond donors (Lipinski definition) is 3. The Morgan fingerprint density at radius 3 is 2.47 bits per heavy atom. The van der Waals surface area contributed by atoms with Crippen LogP contribution in [0.2, 0.25) is 5.02 Å². The highest BCUT2D eigenvalue weighted by Crippen LogP contribution is 2.39. The summed E-state index contributed by atoms with van der Waals surface area (Å²) in [6.45, 7) is 5.54. The molecule has 2 aliphatic carbocycles. The number of aryl methyl sites for hydroxylation is 3. The highest BCUT2D eigenvalue weighted by Gasteiger charge is 2.27. The van der Waals surface area contributed by atoms with Gasteiger partial charge in [-0.15, -0.1) is 0 Å². The molecule has 8 heteroatoms. The Kier molecular flexibility index (Phi) is 8.14. The molecule has 3 aromatic rings. The normalized spacial score (nSPS) is 21.2. The maximum Gasteiger partial charge on any atom is 0.229 e. The van der Waals surface area contributed by atoms with Crippen molar-refractivity contribution in [1.29, 1.82) is 0 Å². The zero-order valence-corrected chi connectivity index (χ0v) is 24.3. The number of rotatable bonds is 8. The molecule has 6 nitrogen and oxygen atoms in total. The van der Waals surface area contributed by atoms with E-state index in [0.29, 0.717) is 22.8 Å². The number of nitrogens with zero attached hydrogens (tertiary/aromatic N) is 2. The summed E-state index contributed by atoms with van der Waals surface area (Å²) in [5.74, 6) is 2.60. The number of fused-ring (bicyclic) bond motifs is 1. The van der Waals surface area contributed by atoms with Crippen molar-refractivity contribution in [3.05, 3.63) is 64.3 Å². The summed E-state index contributed by atoms with van der Waals surface area (Å²) in [5.41, 5.74) is 11.6. The fourth-order valence-electron chi connectivity index (χ4n) is 5.79. The van der Waals surface area contributed by atoms with Gasteiger partial charge in [-0.25, -0.2) is 4.98 Å². The largest absolute Gasteiger partial charge is 0.338 e. The summed E-state index contributed by atoms with van der Waals surface area (Å²) in [4.78, 5) is 9.05. The Bertz CT molecular complexity index is 1350. The van der Waals surface area contributed by atoms with Crippen molar-refractivity contribution in [2.45, 2.75) is 64.3 Å². The molecule has 1 fully saturated rings. The molecule has 0 spiro atoms. The molecule has 2 aliphatic rings. The third-order valence-electron chi connectivity index (χ3n) is 8.09. The van der Waals surface area contributed by atoms with Crippen LogP contribution in [0.5, 0.6) is 0 Å². The molecule has 0 bridgehead atoms. The van der Waals surface area contributed by atoms with Crippen LogP contribution in [0.25, 0.3) is 0 Å². The molecule has 5 rings (SSSR count). The van der Waals surface area contributed by atoms with E-state index in [0.717, 1.165) is 46.9 Å². The van der Waals surface area contributed by atoms with E-state index in [4.69, 9.17) is 17.3 Å². The number of nitrogens with two attached hydrogens (primary N) is 1. The average Bonchev–Trinajstić information content (AvgIpc) is 3.05. The minimum absolute atomic E-state index is 0.404. The number of anilines is 4. The predicted molar refractivity (Wildman–Crippen MR) is 160 cm³/mol. The molecule has 202 valence electrons. The predicted octanol–water partition coefficient (Wildman–Crippen LogP) is 7.19. The van der Waals surface area contributed by atoms with Crippen LogP contribution in [0.1, 0.15) is 55.2 Å². The summed E-state index contributed by atoms with van der Waals surface area (Å²) in [7, 11) is -2.50. The van der Waals surface area contributed by atoms with Crippen molar-refractivity contribution in [1.82, 2.24) is 9.97 Å². The molecule has 0 saturated heterocycles. The molecule has 1 atom stereocenters. The van der Waals surface area contributed by atoms with E-state index in [1.165, 1.54) is 49.7 Å². The van der Waals surface area contributed by atoms with Crippen LogP contribution in [-0.4, -0.2) is 29.3 Å². The van der Waals surface area contributed by atoms with Gasteiger partial charge in [-0.2, -0.15) is 4.98 Å². The number of aromatic nitrogens is 2. The first-order chi connectivity index (χ1) is 18.1. The Balaban J connectivity index is 1.26. The molecule has 1 saturated carbocycles. The van der Waals surface area contributed by atoms with Gasteiger partial charge in [0.1, 0.15) is 12.2 Å². The lowest BCUT2D eigenvalue weighted by Gasteiger charge is -2.33. The SMILES string of the molecule is Cc1ccc(Nc2nc(Nc3ccc4c(c3)CC[C@@H](CCC3CC(N)C3)CC4)ncc2Cl)c(P(C)(C)=O)c1. The van der Waals surface area contributed by atoms with Crippen LogP contribution in [-0.2, 0) is 17.4 Å². The van der Waals surface area contributed by atoms with Gasteiger partial charge in [0.2, 0.25) is 5.95 Å². The Labute approximate surface area is 231 Å². The molecule has 1 heterocycles. The summed E-state index contributed by atoms with van der Waals surface area (Å²) in [5, 5.41) is 7.84. The van der Waals surface area contributed by atoms with Crippen LogP contribution in [0.3, 0.4) is 0 Å². The molecule has 0 amide bonds. The van der Waals surface area contributed by atoms with Gasteiger partial charge in [-0.3, -0.25) is 0 Å². The van der Waals surface area contributed by atoms with Gasteiger partial charge in [0, 0.05) is 17.0 Å². The summed E-state index contributed by atoms with van der Waals surface area (Å²) in [6.07, 6.45) is 11.5. The first-order valence-electron chi connectivity index (χ1n) is 13.7. The molecule has 2 aromatic carbocycles. The second-order valence-corrected chi connectivity index (χ2v) is 15.2. The van der Waals surface area contributed by atoms with Crippen LogP contribution in [0.4, 0.5) is 23.1 Å². The van der Waals surface area contributed by atoms with E-state index in [-0.39, 0.29) is 0 Å². The molecule has 1 aromatic heterocycles. The zero-order chi connectivity index (χ0) is 26.9. The van der Waals surface area contributed by atoms with Gasteiger partial charge >= 0.3 is 0 Å². The lowest BCUT2D eigenvalue weighted by molar-refractivity contribution is 0.227. The first-order valence-corrected chi connectivity index (χ1v) is 16.7. The minimum atomic E-state index is -2.50. The zero-order valence-electron chi connectivity index (χ0n) is 22.6. The van der Waals surface area contributed by atoms with Crippen molar-refractivity contribution in [3.8, 4) is 0 Å². The monoisotopic (exact) mass is 551 g/mol. The molecule has 4 N–H and O–H groups in total. The van der Waals surface area contributed by atoms with Crippen molar-refractivity contribution in [2.75, 3.05) is 24.0 Å². The van der Waals surface area contributed by atoms with Gasteiger partial charge in [-0.05, 0) is 106 Å². The average molecular weight is 552 g/mol. The lowest BCUT2D eigenvalue weighted by Crippen LogP contribution is -2.36. The van der Waals surface area contributed by atoms with Crippen LogP contribution in [0.15, 0.2) is 42.6 Å². The molecule has 0 radical (unpaired) electrons. The summed E-state index contributed by atoms with van der Waals surface area (Å²) < 4.78 is 12.9. The van der Waals surface area contributed by atoms with E-state index in [1.807, 2.05) is 25.1 Å². The highest BCUT2D eigenvalue weighted by atomic mass is 35.5. The van der Waals surface area contributed by atoms with Crippen molar-refractivity contribution < 1.29 is 4.57 Å². The van der Waals surface area contributed by atoms with Crippen LogP contribution >= 0.6 is 18.7 Å². The van der Waals surface area contributed by atoms with E-state index in [9.17, 15) is 4.57 Å².